The van der Waals surface area contributed by atoms with Gasteiger partial charge in [0.25, 0.3) is 0 Å². The number of carbonyl (C=O) groups is 3. The SMILES string of the molecule is CC1=C(CC(=O)CC(C)C)C(=O)c2ccccc2C1=O. The number of rotatable bonds is 4. The van der Waals surface area contributed by atoms with Crippen LogP contribution in [0.15, 0.2) is 35.4 Å². The van der Waals surface area contributed by atoms with Gasteiger partial charge in [0.05, 0.1) is 0 Å². The van der Waals surface area contributed by atoms with Crippen molar-refractivity contribution < 1.29 is 14.4 Å². The summed E-state index contributed by atoms with van der Waals surface area (Å²) in [5.41, 5.74) is 1.62. The Morgan fingerprint density at radius 2 is 1.60 bits per heavy atom. The minimum Gasteiger partial charge on any atom is -0.299 e. The zero-order valence-electron chi connectivity index (χ0n) is 12.0. The molecule has 1 aromatic carbocycles. The minimum absolute atomic E-state index is 0.00915. The minimum atomic E-state index is -0.185. The lowest BCUT2D eigenvalue weighted by Gasteiger charge is -2.18. The molecule has 0 amide bonds. The number of carbonyl (C=O) groups excluding carboxylic acids is 3. The number of fused-ring (bicyclic) bond motifs is 1. The second kappa shape index (κ2) is 5.53. The van der Waals surface area contributed by atoms with Crippen LogP contribution in [-0.2, 0) is 4.79 Å². The summed E-state index contributed by atoms with van der Waals surface area (Å²) in [4.78, 5) is 36.6. The molecule has 2 rings (SSSR count). The fourth-order valence-electron chi connectivity index (χ4n) is 2.49. The third kappa shape index (κ3) is 2.62. The average Bonchev–Trinajstić information content (AvgIpc) is 2.40. The lowest BCUT2D eigenvalue weighted by Crippen LogP contribution is -2.22. The fraction of sp³-hybridized carbons (Fsp3) is 0.353. The molecule has 0 aromatic heterocycles. The first kappa shape index (κ1) is 14.4. The number of ketones is 3. The summed E-state index contributed by atoms with van der Waals surface area (Å²) in [7, 11) is 0. The summed E-state index contributed by atoms with van der Waals surface area (Å²) >= 11 is 0. The molecular weight excluding hydrogens is 252 g/mol. The van der Waals surface area contributed by atoms with Crippen molar-refractivity contribution in [3.63, 3.8) is 0 Å². The first-order chi connectivity index (χ1) is 9.41. The molecule has 0 radical (unpaired) electrons. The van der Waals surface area contributed by atoms with Crippen LogP contribution in [-0.4, -0.2) is 17.3 Å². The van der Waals surface area contributed by atoms with E-state index in [1.54, 1.807) is 31.2 Å². The first-order valence-corrected chi connectivity index (χ1v) is 6.81. The smallest absolute Gasteiger partial charge is 0.190 e. The molecule has 0 unspecified atom stereocenters. The van der Waals surface area contributed by atoms with Gasteiger partial charge >= 0.3 is 0 Å². The number of hydrogen-bond acceptors (Lipinski definition) is 3. The van der Waals surface area contributed by atoms with Crippen LogP contribution < -0.4 is 0 Å². The maximum atomic E-state index is 12.4. The largest absolute Gasteiger partial charge is 0.299 e. The molecule has 0 atom stereocenters. The zero-order valence-corrected chi connectivity index (χ0v) is 12.0. The molecule has 0 N–H and O–H groups in total. The van der Waals surface area contributed by atoms with Crippen molar-refractivity contribution in [2.24, 2.45) is 5.92 Å². The highest BCUT2D eigenvalue weighted by atomic mass is 16.1. The molecule has 0 saturated carbocycles. The van der Waals surface area contributed by atoms with Crippen LogP contribution in [0.5, 0.6) is 0 Å². The van der Waals surface area contributed by atoms with Crippen LogP contribution in [0.1, 0.15) is 54.3 Å². The Morgan fingerprint density at radius 3 is 2.15 bits per heavy atom. The topological polar surface area (TPSA) is 51.2 Å². The summed E-state index contributed by atoms with van der Waals surface area (Å²) in [6.07, 6.45) is 0.489. The molecule has 0 bridgehead atoms. The molecule has 3 heteroatoms. The van der Waals surface area contributed by atoms with E-state index in [1.807, 2.05) is 13.8 Å². The van der Waals surface area contributed by atoms with Gasteiger partial charge in [-0.1, -0.05) is 38.1 Å². The molecule has 0 fully saturated rings. The molecule has 0 aliphatic heterocycles. The Labute approximate surface area is 118 Å². The van der Waals surface area contributed by atoms with Crippen molar-refractivity contribution in [3.8, 4) is 0 Å². The van der Waals surface area contributed by atoms with E-state index < -0.39 is 0 Å². The molecule has 20 heavy (non-hydrogen) atoms. The molecule has 1 aromatic rings. The number of Topliss-reactive ketones (excluding diaryl/α,β-unsaturated/α-hetero) is 3. The van der Waals surface area contributed by atoms with E-state index in [0.717, 1.165) is 0 Å². The third-order valence-electron chi connectivity index (χ3n) is 3.49. The highest BCUT2D eigenvalue weighted by Crippen LogP contribution is 2.28. The Balaban J connectivity index is 2.35. The quantitative estimate of drug-likeness (QED) is 0.842. The highest BCUT2D eigenvalue weighted by Gasteiger charge is 2.30. The van der Waals surface area contributed by atoms with Crippen molar-refractivity contribution in [1.29, 1.82) is 0 Å². The second-order valence-electron chi connectivity index (χ2n) is 5.62. The monoisotopic (exact) mass is 270 g/mol. The van der Waals surface area contributed by atoms with E-state index in [4.69, 9.17) is 0 Å². The van der Waals surface area contributed by atoms with Gasteiger partial charge in [-0.05, 0) is 12.8 Å². The van der Waals surface area contributed by atoms with Gasteiger partial charge in [-0.25, -0.2) is 0 Å². The predicted octanol–water partition coefficient (Wildman–Crippen LogP) is 3.39. The summed E-state index contributed by atoms with van der Waals surface area (Å²) in [5.74, 6) is -0.0673. The van der Waals surface area contributed by atoms with E-state index in [9.17, 15) is 14.4 Å². The number of benzene rings is 1. The van der Waals surface area contributed by atoms with Crippen molar-refractivity contribution in [1.82, 2.24) is 0 Å². The molecule has 0 spiro atoms. The number of allylic oxidation sites excluding steroid dienone is 2. The lowest BCUT2D eigenvalue weighted by atomic mass is 9.82. The van der Waals surface area contributed by atoms with Crippen molar-refractivity contribution in [2.75, 3.05) is 0 Å². The summed E-state index contributed by atoms with van der Waals surface area (Å²) in [5, 5.41) is 0. The molecule has 1 aliphatic rings. The Morgan fingerprint density at radius 1 is 1.05 bits per heavy atom. The van der Waals surface area contributed by atoms with Crippen LogP contribution in [0.25, 0.3) is 0 Å². The van der Waals surface area contributed by atoms with Crippen LogP contribution in [0.3, 0.4) is 0 Å². The molecule has 0 heterocycles. The van der Waals surface area contributed by atoms with E-state index in [1.165, 1.54) is 0 Å². The van der Waals surface area contributed by atoms with Gasteiger partial charge in [0.1, 0.15) is 5.78 Å². The zero-order chi connectivity index (χ0) is 14.9. The lowest BCUT2D eigenvalue weighted by molar-refractivity contribution is -0.119. The van der Waals surface area contributed by atoms with Crippen LogP contribution in [0, 0.1) is 5.92 Å². The first-order valence-electron chi connectivity index (χ1n) is 6.81. The van der Waals surface area contributed by atoms with E-state index in [-0.39, 0.29) is 29.7 Å². The second-order valence-corrected chi connectivity index (χ2v) is 5.62. The standard InChI is InChI=1S/C17H18O3/c1-10(2)8-12(18)9-15-11(3)16(19)13-6-4-5-7-14(13)17(15)20/h4-7,10H,8-9H2,1-3H3. The third-order valence-corrected chi connectivity index (χ3v) is 3.49. The van der Waals surface area contributed by atoms with Gasteiger partial charge in [-0.3, -0.25) is 14.4 Å². The van der Waals surface area contributed by atoms with Gasteiger partial charge in [0, 0.05) is 35.1 Å². The van der Waals surface area contributed by atoms with Gasteiger partial charge in [-0.15, -0.1) is 0 Å². The maximum absolute atomic E-state index is 12.4. The van der Waals surface area contributed by atoms with Gasteiger partial charge in [-0.2, -0.15) is 0 Å². The van der Waals surface area contributed by atoms with E-state index in [0.29, 0.717) is 28.7 Å². The van der Waals surface area contributed by atoms with Crippen LogP contribution in [0.4, 0.5) is 0 Å². The van der Waals surface area contributed by atoms with Gasteiger partial charge in [0.15, 0.2) is 11.6 Å². The summed E-state index contributed by atoms with van der Waals surface area (Å²) < 4.78 is 0. The van der Waals surface area contributed by atoms with Crippen molar-refractivity contribution >= 4 is 17.3 Å². The summed E-state index contributed by atoms with van der Waals surface area (Å²) in [6, 6.07) is 6.78. The van der Waals surface area contributed by atoms with Crippen molar-refractivity contribution in [3.05, 3.63) is 46.5 Å². The molecule has 0 saturated heterocycles. The van der Waals surface area contributed by atoms with Crippen LogP contribution >= 0.6 is 0 Å². The Bertz CT molecular complexity index is 621. The molecule has 3 nitrogen and oxygen atoms in total. The molecule has 104 valence electrons. The fourth-order valence-corrected chi connectivity index (χ4v) is 2.49. The van der Waals surface area contributed by atoms with Gasteiger partial charge in [0.2, 0.25) is 0 Å². The Kier molecular flexibility index (Phi) is 3.98. The number of hydrogen-bond donors (Lipinski definition) is 0. The summed E-state index contributed by atoms with van der Waals surface area (Å²) in [6.45, 7) is 5.55. The van der Waals surface area contributed by atoms with E-state index in [2.05, 4.69) is 0 Å². The Hall–Kier alpha value is -2.03. The van der Waals surface area contributed by atoms with Crippen LogP contribution in [0.2, 0.25) is 0 Å². The van der Waals surface area contributed by atoms with E-state index >= 15 is 0 Å². The highest BCUT2D eigenvalue weighted by molar-refractivity contribution is 6.27. The maximum Gasteiger partial charge on any atom is 0.190 e. The average molecular weight is 270 g/mol. The molecule has 1 aliphatic carbocycles. The predicted molar refractivity (Wildman–Crippen MR) is 76.9 cm³/mol. The molecular formula is C17H18O3. The van der Waals surface area contributed by atoms with Gasteiger partial charge < -0.3 is 0 Å². The van der Waals surface area contributed by atoms with Crippen molar-refractivity contribution in [2.45, 2.75) is 33.6 Å². The normalized spacial score (nSPS) is 14.8.